The van der Waals surface area contributed by atoms with Gasteiger partial charge >= 0.3 is 11.9 Å². The fourth-order valence-electron chi connectivity index (χ4n) is 1.69. The van der Waals surface area contributed by atoms with E-state index in [-0.39, 0.29) is 16.5 Å². The van der Waals surface area contributed by atoms with Gasteiger partial charge in [-0.15, -0.1) is 0 Å². The van der Waals surface area contributed by atoms with Crippen LogP contribution < -0.4 is 5.32 Å². The zero-order chi connectivity index (χ0) is 16.4. The van der Waals surface area contributed by atoms with Crippen molar-refractivity contribution in [3.8, 4) is 0 Å². The molecule has 0 aromatic heterocycles. The molecule has 0 aromatic rings. The molecule has 0 fully saturated rings. The summed E-state index contributed by atoms with van der Waals surface area (Å²) in [6, 6.07) is -0.759. The molecule has 1 aliphatic rings. The normalized spacial score (nSPS) is 18.7. The summed E-state index contributed by atoms with van der Waals surface area (Å²) >= 11 is 5.05. The third-order valence-corrected chi connectivity index (χ3v) is 3.06. The highest BCUT2D eigenvalue weighted by molar-refractivity contribution is 7.80. The number of cyclic esters (lactones) is 1. The Balaban J connectivity index is 2.97. The van der Waals surface area contributed by atoms with Gasteiger partial charge in [-0.05, 0) is 5.92 Å². The van der Waals surface area contributed by atoms with Crippen LogP contribution >= 0.6 is 12.2 Å². The van der Waals surface area contributed by atoms with Crippen molar-refractivity contribution in [1.82, 2.24) is 5.32 Å². The molecular formula is C13H19NO6S. The molecule has 0 radical (unpaired) electrons. The average Bonchev–Trinajstić information content (AvgIpc) is 2.32. The highest BCUT2D eigenvalue weighted by Gasteiger charge is 2.39. The Kier molecular flexibility index (Phi) is 5.16. The van der Waals surface area contributed by atoms with Crippen LogP contribution in [0.2, 0.25) is 0 Å². The van der Waals surface area contributed by atoms with Crippen LogP contribution in [0.25, 0.3) is 0 Å². The summed E-state index contributed by atoms with van der Waals surface area (Å²) in [6.07, 6.45) is 0. The molecule has 8 heteroatoms. The van der Waals surface area contributed by atoms with E-state index in [0.717, 1.165) is 0 Å². The maximum absolute atomic E-state index is 11.9. The van der Waals surface area contributed by atoms with Crippen molar-refractivity contribution in [2.45, 2.75) is 39.5 Å². The van der Waals surface area contributed by atoms with Crippen LogP contribution in [0.5, 0.6) is 0 Å². The monoisotopic (exact) mass is 317 g/mol. The van der Waals surface area contributed by atoms with E-state index >= 15 is 0 Å². The van der Waals surface area contributed by atoms with E-state index in [2.05, 4.69) is 10.1 Å². The number of hydrogen-bond acceptors (Lipinski definition) is 7. The first-order valence-corrected chi connectivity index (χ1v) is 6.74. The van der Waals surface area contributed by atoms with Gasteiger partial charge in [0.15, 0.2) is 5.57 Å². The van der Waals surface area contributed by atoms with Gasteiger partial charge in [-0.25, -0.2) is 9.59 Å². The van der Waals surface area contributed by atoms with Crippen molar-refractivity contribution in [2.75, 3.05) is 7.11 Å². The van der Waals surface area contributed by atoms with E-state index in [1.807, 2.05) is 0 Å². The van der Waals surface area contributed by atoms with Gasteiger partial charge in [0, 0.05) is 13.8 Å². The molecule has 0 saturated carbocycles. The van der Waals surface area contributed by atoms with E-state index in [1.165, 1.54) is 21.0 Å². The lowest BCUT2D eigenvalue weighted by Gasteiger charge is -2.31. The Hall–Kier alpha value is -1.83. The second-order valence-electron chi connectivity index (χ2n) is 5.29. The smallest absolute Gasteiger partial charge is 0.351 e. The Morgan fingerprint density at radius 2 is 1.95 bits per heavy atom. The zero-order valence-corrected chi connectivity index (χ0v) is 13.4. The molecular weight excluding hydrogens is 298 g/mol. The molecule has 118 valence electrons. The Labute approximate surface area is 128 Å². The van der Waals surface area contributed by atoms with Gasteiger partial charge in [0.25, 0.3) is 11.7 Å². The predicted octanol–water partition coefficient (Wildman–Crippen LogP) is 1.18. The summed E-state index contributed by atoms with van der Waals surface area (Å²) in [7, 11) is 1.25. The number of aliphatic hydroxyl groups excluding tert-OH is 1. The van der Waals surface area contributed by atoms with Crippen molar-refractivity contribution in [3.63, 3.8) is 0 Å². The van der Waals surface area contributed by atoms with Gasteiger partial charge in [0.1, 0.15) is 11.0 Å². The first kappa shape index (κ1) is 17.2. The standard InChI is InChI=1S/C13H19NO6S/c1-6(2)8(12(17)18-5)14-9(21)7-10(15)19-13(3,4)20-11(7)16/h6,8,15H,1-5H3,(H,14,21)/t8-/m0/s1. The maximum Gasteiger partial charge on any atom is 0.351 e. The van der Waals surface area contributed by atoms with Crippen molar-refractivity contribution in [3.05, 3.63) is 11.5 Å². The molecule has 0 aliphatic carbocycles. The second kappa shape index (κ2) is 6.30. The van der Waals surface area contributed by atoms with Crippen LogP contribution in [-0.4, -0.2) is 41.0 Å². The summed E-state index contributed by atoms with van der Waals surface area (Å²) in [4.78, 5) is 23.4. The number of hydrogen-bond donors (Lipinski definition) is 2. The van der Waals surface area contributed by atoms with E-state index in [1.54, 1.807) is 13.8 Å². The molecule has 0 aromatic carbocycles. The molecule has 0 saturated heterocycles. The molecule has 1 aliphatic heterocycles. The highest BCUT2D eigenvalue weighted by Crippen LogP contribution is 2.25. The van der Waals surface area contributed by atoms with Crippen LogP contribution in [0.3, 0.4) is 0 Å². The summed E-state index contributed by atoms with van der Waals surface area (Å²) in [5.74, 6) is -3.41. The van der Waals surface area contributed by atoms with E-state index in [0.29, 0.717) is 0 Å². The number of carbonyl (C=O) groups excluding carboxylic acids is 2. The molecule has 21 heavy (non-hydrogen) atoms. The number of carbonyl (C=O) groups is 2. The minimum atomic E-state index is -1.28. The molecule has 0 bridgehead atoms. The van der Waals surface area contributed by atoms with Crippen molar-refractivity contribution in [2.24, 2.45) is 5.92 Å². The SMILES string of the molecule is COC(=O)[C@@H](NC(=S)C1=C(O)OC(C)(C)OC1=O)C(C)C. The lowest BCUT2D eigenvalue weighted by molar-refractivity contribution is -0.220. The number of esters is 2. The summed E-state index contributed by atoms with van der Waals surface area (Å²) < 4.78 is 14.7. The Morgan fingerprint density at radius 3 is 2.38 bits per heavy atom. The fourth-order valence-corrected chi connectivity index (χ4v) is 1.99. The molecule has 1 heterocycles. The molecule has 1 rings (SSSR count). The van der Waals surface area contributed by atoms with Gasteiger partial charge in [-0.2, -0.15) is 0 Å². The lowest BCUT2D eigenvalue weighted by atomic mass is 10.0. The third-order valence-electron chi connectivity index (χ3n) is 2.73. The second-order valence-corrected chi connectivity index (χ2v) is 5.70. The molecule has 0 spiro atoms. The summed E-state index contributed by atoms with van der Waals surface area (Å²) in [6.45, 7) is 6.51. The number of rotatable bonds is 4. The number of methoxy groups -OCH3 is 1. The molecule has 7 nitrogen and oxygen atoms in total. The Bertz CT molecular complexity index is 497. The quantitative estimate of drug-likeness (QED) is 0.590. The predicted molar refractivity (Wildman–Crippen MR) is 77.3 cm³/mol. The molecule has 0 amide bonds. The van der Waals surface area contributed by atoms with E-state index in [9.17, 15) is 14.7 Å². The van der Waals surface area contributed by atoms with Crippen LogP contribution in [-0.2, 0) is 23.8 Å². The van der Waals surface area contributed by atoms with Crippen molar-refractivity contribution < 1.29 is 28.9 Å². The molecule has 2 N–H and O–H groups in total. The van der Waals surface area contributed by atoms with Crippen LogP contribution in [0.4, 0.5) is 0 Å². The van der Waals surface area contributed by atoms with E-state index in [4.69, 9.17) is 21.7 Å². The minimum Gasteiger partial charge on any atom is -0.480 e. The number of aliphatic hydroxyl groups is 1. The topological polar surface area (TPSA) is 94.1 Å². The van der Waals surface area contributed by atoms with Gasteiger partial charge in [-0.1, -0.05) is 26.1 Å². The zero-order valence-electron chi connectivity index (χ0n) is 12.6. The van der Waals surface area contributed by atoms with Crippen molar-refractivity contribution >= 4 is 29.1 Å². The first-order valence-electron chi connectivity index (χ1n) is 6.33. The van der Waals surface area contributed by atoms with Crippen LogP contribution in [0.15, 0.2) is 11.5 Å². The molecule has 1 atom stereocenters. The lowest BCUT2D eigenvalue weighted by Crippen LogP contribution is -2.48. The highest BCUT2D eigenvalue weighted by atomic mass is 32.1. The van der Waals surface area contributed by atoms with Crippen molar-refractivity contribution in [1.29, 1.82) is 0 Å². The minimum absolute atomic E-state index is 0.142. The van der Waals surface area contributed by atoms with Gasteiger partial charge < -0.3 is 24.6 Å². The maximum atomic E-state index is 11.9. The number of ether oxygens (including phenoxy) is 3. The number of nitrogens with one attached hydrogen (secondary N) is 1. The average molecular weight is 317 g/mol. The van der Waals surface area contributed by atoms with Gasteiger partial charge in [-0.3, -0.25) is 0 Å². The van der Waals surface area contributed by atoms with Crippen LogP contribution in [0.1, 0.15) is 27.7 Å². The largest absolute Gasteiger partial charge is 0.480 e. The summed E-state index contributed by atoms with van der Waals surface area (Å²) in [5.41, 5.74) is -0.320. The third kappa shape index (κ3) is 4.07. The first-order chi connectivity index (χ1) is 9.59. The van der Waals surface area contributed by atoms with Crippen LogP contribution in [0, 0.1) is 5.92 Å². The fraction of sp³-hybridized carbons (Fsp3) is 0.615. The number of thiocarbonyl (C=S) groups is 1. The van der Waals surface area contributed by atoms with E-state index < -0.39 is 29.7 Å². The summed E-state index contributed by atoms with van der Waals surface area (Å²) in [5, 5.41) is 12.5. The van der Waals surface area contributed by atoms with Gasteiger partial charge in [0.05, 0.1) is 7.11 Å². The Morgan fingerprint density at radius 1 is 1.38 bits per heavy atom. The molecule has 0 unspecified atom stereocenters. The van der Waals surface area contributed by atoms with Gasteiger partial charge in [0.2, 0.25) is 0 Å².